The van der Waals surface area contributed by atoms with E-state index in [0.717, 1.165) is 5.56 Å². The first-order valence-corrected chi connectivity index (χ1v) is 13.7. The Hall–Kier alpha value is -3.64. The van der Waals surface area contributed by atoms with E-state index in [1.165, 1.54) is 25.1 Å². The van der Waals surface area contributed by atoms with Gasteiger partial charge in [0, 0.05) is 17.2 Å². The van der Waals surface area contributed by atoms with E-state index in [4.69, 9.17) is 21.4 Å². The van der Waals surface area contributed by atoms with E-state index in [1.54, 1.807) is 49.0 Å². The van der Waals surface area contributed by atoms with Crippen LogP contribution in [0.4, 0.5) is 5.69 Å². The van der Waals surface area contributed by atoms with E-state index < -0.39 is 28.9 Å². The van der Waals surface area contributed by atoms with E-state index in [-0.39, 0.29) is 37.0 Å². The molecule has 0 aliphatic rings. The molecule has 0 aliphatic carbocycles. The number of non-ortho nitro benzene ring substituents is 1. The Morgan fingerprint density at radius 3 is 2.18 bits per heavy atom. The van der Waals surface area contributed by atoms with E-state index in [1.807, 2.05) is 6.26 Å². The lowest BCUT2D eigenvalue weighted by molar-refractivity contribution is -0.384. The number of aliphatic carboxylic acids is 1. The van der Waals surface area contributed by atoms with Crippen LogP contribution in [-0.4, -0.2) is 64.5 Å². The third kappa shape index (κ3) is 13.6. The third-order valence-corrected chi connectivity index (χ3v) is 5.88. The number of amides is 2. The Kier molecular flexibility index (Phi) is 15.2. The first-order valence-electron chi connectivity index (χ1n) is 11.9. The van der Waals surface area contributed by atoms with Crippen molar-refractivity contribution in [1.82, 2.24) is 10.6 Å². The number of ether oxygens (including phenoxy) is 1. The van der Waals surface area contributed by atoms with Crippen molar-refractivity contribution in [3.63, 3.8) is 0 Å². The molecule has 0 radical (unpaired) electrons. The van der Waals surface area contributed by atoms with Crippen molar-refractivity contribution in [2.45, 2.75) is 45.2 Å². The number of nitro benzene ring substituents is 1. The van der Waals surface area contributed by atoms with Gasteiger partial charge in [-0.25, -0.2) is 4.79 Å². The maximum absolute atomic E-state index is 12.1. The normalized spacial score (nSPS) is 11.7. The lowest BCUT2D eigenvalue weighted by atomic mass is 10.1. The number of hydrogen-bond acceptors (Lipinski definition) is 8. The zero-order valence-corrected chi connectivity index (χ0v) is 23.4. The number of nitro groups is 1. The molecule has 212 valence electrons. The molecule has 11 nitrogen and oxygen atoms in total. The summed E-state index contributed by atoms with van der Waals surface area (Å²) in [6, 6.07) is 11.2. The number of nitrogens with zero attached hydrogens (tertiary/aromatic N) is 1. The standard InChI is InChI=1S/C15H20N2O5S.C11H12ClNO3/c1-3-22-15(19)13(7-8-23-2)16-14(18)10-11-5-4-6-12(9-11)17(20)21;1-7(11(15)16)13-10(14)6-8-3-2-4-9(12)5-8/h4-6,9,13H,3,7-8,10H2,1-2H3,(H,16,18);2-5,7H,6H2,1H3,(H,13,14)(H,15,16)/t13-;7-/m00/s1. The highest BCUT2D eigenvalue weighted by Crippen LogP contribution is 2.14. The first kappa shape index (κ1) is 33.4. The lowest BCUT2D eigenvalue weighted by Gasteiger charge is -2.16. The van der Waals surface area contributed by atoms with Crippen LogP contribution in [0.2, 0.25) is 5.02 Å². The van der Waals surface area contributed by atoms with Gasteiger partial charge in [0.25, 0.3) is 5.69 Å². The Morgan fingerprint density at radius 2 is 1.64 bits per heavy atom. The second-order valence-electron chi connectivity index (χ2n) is 8.19. The number of rotatable bonds is 13. The van der Waals surface area contributed by atoms with E-state index in [0.29, 0.717) is 22.8 Å². The molecule has 13 heteroatoms. The number of halogens is 1. The fourth-order valence-corrected chi connectivity index (χ4v) is 3.81. The minimum Gasteiger partial charge on any atom is -0.480 e. The highest BCUT2D eigenvalue weighted by atomic mass is 35.5. The molecule has 0 aliphatic heterocycles. The molecule has 2 amide bonds. The Bertz CT molecular complexity index is 1150. The summed E-state index contributed by atoms with van der Waals surface area (Å²) in [5.41, 5.74) is 1.20. The molecular weight excluding hydrogens is 550 g/mol. The van der Waals surface area contributed by atoms with Gasteiger partial charge >= 0.3 is 11.9 Å². The van der Waals surface area contributed by atoms with Gasteiger partial charge in [-0.3, -0.25) is 24.5 Å². The molecule has 0 unspecified atom stereocenters. The largest absolute Gasteiger partial charge is 0.480 e. The zero-order valence-electron chi connectivity index (χ0n) is 21.8. The molecule has 0 heterocycles. The predicted molar refractivity (Wildman–Crippen MR) is 149 cm³/mol. The molecule has 0 spiro atoms. The number of carbonyl (C=O) groups is 4. The molecule has 2 aromatic rings. The average Bonchev–Trinajstić information content (AvgIpc) is 2.87. The maximum atomic E-state index is 12.1. The predicted octanol–water partition coefficient (Wildman–Crippen LogP) is 3.41. The molecule has 3 N–H and O–H groups in total. The summed E-state index contributed by atoms with van der Waals surface area (Å²) < 4.78 is 4.95. The number of nitrogens with one attached hydrogen (secondary N) is 2. The fraction of sp³-hybridized carbons (Fsp3) is 0.385. The van der Waals surface area contributed by atoms with Crippen molar-refractivity contribution in [2.24, 2.45) is 0 Å². The second kappa shape index (κ2) is 17.8. The van der Waals surface area contributed by atoms with Crippen molar-refractivity contribution in [3.05, 3.63) is 74.8 Å². The van der Waals surface area contributed by atoms with E-state index in [2.05, 4.69) is 10.6 Å². The number of carbonyl (C=O) groups excluding carboxylic acids is 3. The van der Waals surface area contributed by atoms with Crippen molar-refractivity contribution in [2.75, 3.05) is 18.6 Å². The average molecular weight is 582 g/mol. The molecule has 2 rings (SSSR count). The summed E-state index contributed by atoms with van der Waals surface area (Å²) in [5.74, 6) is -1.52. The van der Waals surface area contributed by atoms with E-state index >= 15 is 0 Å². The second-order valence-corrected chi connectivity index (χ2v) is 9.61. The highest BCUT2D eigenvalue weighted by Gasteiger charge is 2.22. The molecule has 0 aromatic heterocycles. The summed E-state index contributed by atoms with van der Waals surface area (Å²) in [6.07, 6.45) is 2.48. The molecule has 39 heavy (non-hydrogen) atoms. The van der Waals surface area contributed by atoms with Crippen molar-refractivity contribution >= 4 is 52.8 Å². The van der Waals surface area contributed by atoms with Gasteiger partial charge in [0.15, 0.2) is 0 Å². The molecule has 2 atom stereocenters. The molecule has 0 saturated heterocycles. The number of hydrogen-bond donors (Lipinski definition) is 3. The van der Waals surface area contributed by atoms with Gasteiger partial charge in [-0.05, 0) is 55.5 Å². The monoisotopic (exact) mass is 581 g/mol. The quantitative estimate of drug-likeness (QED) is 0.182. The Balaban J connectivity index is 0.000000416. The van der Waals surface area contributed by atoms with Gasteiger partial charge in [-0.1, -0.05) is 35.9 Å². The molecular formula is C26H32ClN3O8S. The summed E-state index contributed by atoms with van der Waals surface area (Å²) in [4.78, 5) is 56.1. The molecule has 0 saturated carbocycles. The Labute approximate surface area is 235 Å². The Morgan fingerprint density at radius 1 is 1.05 bits per heavy atom. The first-order chi connectivity index (χ1) is 18.5. The summed E-state index contributed by atoms with van der Waals surface area (Å²) in [7, 11) is 0. The van der Waals surface area contributed by atoms with Gasteiger partial charge in [-0.15, -0.1) is 0 Å². The maximum Gasteiger partial charge on any atom is 0.328 e. The van der Waals surface area contributed by atoms with Crippen LogP contribution >= 0.6 is 23.4 Å². The third-order valence-electron chi connectivity index (χ3n) is 5.00. The number of esters is 1. The van der Waals surface area contributed by atoms with Crippen LogP contribution in [0.5, 0.6) is 0 Å². The topological polar surface area (TPSA) is 165 Å². The number of carboxylic acid groups (broad SMARTS) is 1. The molecule has 0 fully saturated rings. The van der Waals surface area contributed by atoms with Gasteiger partial charge in [0.2, 0.25) is 11.8 Å². The smallest absolute Gasteiger partial charge is 0.328 e. The van der Waals surface area contributed by atoms with Gasteiger partial charge in [0.1, 0.15) is 12.1 Å². The van der Waals surface area contributed by atoms with Crippen LogP contribution in [0.3, 0.4) is 0 Å². The van der Waals surface area contributed by atoms with Gasteiger partial charge in [-0.2, -0.15) is 11.8 Å². The summed E-state index contributed by atoms with van der Waals surface area (Å²) in [6.45, 7) is 3.36. The van der Waals surface area contributed by atoms with Crippen LogP contribution in [0.25, 0.3) is 0 Å². The number of carboxylic acids is 1. The van der Waals surface area contributed by atoms with Crippen LogP contribution in [0.1, 0.15) is 31.4 Å². The van der Waals surface area contributed by atoms with Crippen molar-refractivity contribution in [3.8, 4) is 0 Å². The van der Waals surface area contributed by atoms with Crippen LogP contribution in [-0.2, 0) is 36.8 Å². The van der Waals surface area contributed by atoms with Gasteiger partial charge < -0.3 is 20.5 Å². The van der Waals surface area contributed by atoms with Crippen LogP contribution in [0, 0.1) is 10.1 Å². The lowest BCUT2D eigenvalue weighted by Crippen LogP contribution is -2.43. The zero-order chi connectivity index (χ0) is 29.4. The minimum atomic E-state index is -1.06. The van der Waals surface area contributed by atoms with Gasteiger partial charge in [0.05, 0.1) is 24.4 Å². The highest BCUT2D eigenvalue weighted by molar-refractivity contribution is 7.98. The minimum absolute atomic E-state index is 0.0309. The summed E-state index contributed by atoms with van der Waals surface area (Å²) in [5, 5.41) is 24.9. The van der Waals surface area contributed by atoms with Crippen molar-refractivity contribution in [1.29, 1.82) is 0 Å². The number of benzene rings is 2. The van der Waals surface area contributed by atoms with Crippen LogP contribution < -0.4 is 10.6 Å². The molecule has 2 aromatic carbocycles. The fourth-order valence-electron chi connectivity index (χ4n) is 3.12. The SMILES string of the molecule is CCOC(=O)[C@H](CCSC)NC(=O)Cc1cccc([N+](=O)[O-])c1.C[C@H](NC(=O)Cc1cccc(Cl)c1)C(=O)O. The van der Waals surface area contributed by atoms with E-state index in [9.17, 15) is 29.3 Å². The van der Waals surface area contributed by atoms with Crippen molar-refractivity contribution < 1.29 is 33.9 Å². The van der Waals surface area contributed by atoms with Crippen LogP contribution in [0.15, 0.2) is 48.5 Å². The summed E-state index contributed by atoms with van der Waals surface area (Å²) >= 11 is 7.33. The number of thioether (sulfide) groups is 1. The molecule has 0 bridgehead atoms.